The molecule has 4 bridgehead atoms. The van der Waals surface area contributed by atoms with Crippen molar-refractivity contribution in [2.45, 2.75) is 50.9 Å². The van der Waals surface area contributed by atoms with Crippen LogP contribution in [-0.4, -0.2) is 4.40 Å². The van der Waals surface area contributed by atoms with E-state index in [0.717, 1.165) is 39.6 Å². The topological polar surface area (TPSA) is 8.29 Å². The van der Waals surface area contributed by atoms with Crippen LogP contribution in [0.2, 0.25) is 0 Å². The number of fused-ring (bicyclic) bond motifs is 5. The Morgan fingerprint density at radius 3 is 2.36 bits per heavy atom. The smallest absolute Gasteiger partial charge is 0.224 e. The van der Waals surface area contributed by atoms with E-state index in [1.165, 1.54) is 76.8 Å². The van der Waals surface area contributed by atoms with Crippen molar-refractivity contribution in [3.63, 3.8) is 0 Å². The van der Waals surface area contributed by atoms with Gasteiger partial charge in [-0.3, -0.25) is 0 Å². The lowest BCUT2D eigenvalue weighted by molar-refractivity contribution is -0.643. The number of aromatic nitrogens is 2. The molecule has 0 unspecified atom stereocenters. The van der Waals surface area contributed by atoms with Crippen molar-refractivity contribution in [1.29, 1.82) is 0 Å². The second-order valence-corrected chi connectivity index (χ2v) is 12.6. The minimum Gasteiger partial charge on any atom is -0.307 e. The van der Waals surface area contributed by atoms with Crippen LogP contribution in [0.4, 0.5) is 4.39 Å². The standard InChI is InChI=1S/C33H30FN2/c1-18-6-7-24-30-25(34)4-3-5-26(30)36-27-14-23(33-15-19-10-20(16-33)12-21(11-19)17-33)13-22-8-9-35(2)32(29(22)27)28(18)31(24)36/h3-9,13-14,19-21H,10-12,15-17H2,1-2H3/q+1. The normalized spacial score (nSPS) is 27.6. The van der Waals surface area contributed by atoms with Gasteiger partial charge in [0.2, 0.25) is 5.52 Å². The minimum atomic E-state index is -0.130. The van der Waals surface area contributed by atoms with Crippen molar-refractivity contribution in [1.82, 2.24) is 4.40 Å². The van der Waals surface area contributed by atoms with Crippen molar-refractivity contribution < 1.29 is 8.96 Å². The van der Waals surface area contributed by atoms with E-state index < -0.39 is 0 Å². The van der Waals surface area contributed by atoms with E-state index in [1.807, 2.05) is 6.07 Å². The summed E-state index contributed by atoms with van der Waals surface area (Å²) < 4.78 is 20.1. The molecule has 4 aliphatic rings. The number of nitrogens with zero attached hydrogens (tertiary/aromatic N) is 2. The maximum Gasteiger partial charge on any atom is 0.224 e. The van der Waals surface area contributed by atoms with Crippen LogP contribution in [0.25, 0.3) is 49.0 Å². The number of aryl methyl sites for hydroxylation is 2. The Kier molecular flexibility index (Phi) is 3.53. The Labute approximate surface area is 209 Å². The van der Waals surface area contributed by atoms with Gasteiger partial charge in [0, 0.05) is 16.8 Å². The molecule has 4 fully saturated rings. The van der Waals surface area contributed by atoms with Crippen LogP contribution in [-0.2, 0) is 12.5 Å². The number of pyridine rings is 2. The summed E-state index contributed by atoms with van der Waals surface area (Å²) in [6.07, 6.45) is 10.6. The Morgan fingerprint density at radius 1 is 0.861 bits per heavy atom. The van der Waals surface area contributed by atoms with Gasteiger partial charge in [-0.25, -0.2) is 8.96 Å². The Morgan fingerprint density at radius 2 is 1.61 bits per heavy atom. The zero-order valence-electron chi connectivity index (χ0n) is 20.9. The molecule has 3 aromatic carbocycles. The summed E-state index contributed by atoms with van der Waals surface area (Å²) in [7, 11) is 2.16. The molecule has 3 heterocycles. The first-order valence-corrected chi connectivity index (χ1v) is 13.7. The van der Waals surface area contributed by atoms with Gasteiger partial charge in [-0.15, -0.1) is 0 Å². The average molecular weight is 474 g/mol. The van der Waals surface area contributed by atoms with Crippen LogP contribution >= 0.6 is 0 Å². The van der Waals surface area contributed by atoms with Gasteiger partial charge in [0.25, 0.3) is 0 Å². The van der Waals surface area contributed by atoms with Gasteiger partial charge in [-0.2, -0.15) is 0 Å². The monoisotopic (exact) mass is 473 g/mol. The Hall–Kier alpha value is -3.20. The molecule has 4 aliphatic carbocycles. The fraction of sp³-hybridized carbons (Fsp3) is 0.364. The zero-order valence-corrected chi connectivity index (χ0v) is 20.9. The molecule has 2 nitrogen and oxygen atoms in total. The number of rotatable bonds is 1. The van der Waals surface area contributed by atoms with E-state index in [-0.39, 0.29) is 5.82 Å². The highest BCUT2D eigenvalue weighted by molar-refractivity contribution is 6.25. The highest BCUT2D eigenvalue weighted by atomic mass is 19.1. The van der Waals surface area contributed by atoms with E-state index in [2.05, 4.69) is 65.5 Å². The van der Waals surface area contributed by atoms with Crippen molar-refractivity contribution in [3.05, 3.63) is 71.7 Å². The fourth-order valence-corrected chi connectivity index (χ4v) is 9.49. The van der Waals surface area contributed by atoms with Crippen LogP contribution in [0.5, 0.6) is 0 Å². The van der Waals surface area contributed by atoms with Crippen LogP contribution < -0.4 is 4.57 Å². The third kappa shape index (κ3) is 2.27. The van der Waals surface area contributed by atoms with Crippen LogP contribution in [0.1, 0.15) is 49.7 Å². The molecular formula is C33H30FN2+. The van der Waals surface area contributed by atoms with Gasteiger partial charge >= 0.3 is 0 Å². The molecule has 178 valence electrons. The molecule has 0 atom stereocenters. The molecule has 0 spiro atoms. The highest BCUT2D eigenvalue weighted by Crippen LogP contribution is 2.61. The summed E-state index contributed by atoms with van der Waals surface area (Å²) in [6.45, 7) is 2.20. The second-order valence-electron chi connectivity index (χ2n) is 12.6. The van der Waals surface area contributed by atoms with Crippen LogP contribution in [0, 0.1) is 30.5 Å². The average Bonchev–Trinajstić information content (AvgIpc) is 3.19. The van der Waals surface area contributed by atoms with E-state index in [0.29, 0.717) is 5.41 Å². The van der Waals surface area contributed by atoms with Crippen LogP contribution in [0.15, 0.2) is 54.7 Å². The van der Waals surface area contributed by atoms with Crippen LogP contribution in [0.3, 0.4) is 0 Å². The summed E-state index contributed by atoms with van der Waals surface area (Å²) in [5.74, 6) is 2.59. The molecule has 0 amide bonds. The summed E-state index contributed by atoms with van der Waals surface area (Å²) >= 11 is 0. The molecule has 0 saturated heterocycles. The number of hydrogen-bond acceptors (Lipinski definition) is 0. The van der Waals surface area contributed by atoms with E-state index in [9.17, 15) is 0 Å². The van der Waals surface area contributed by atoms with Gasteiger partial charge < -0.3 is 4.40 Å². The third-order valence-electron chi connectivity index (χ3n) is 10.5. The number of hydrogen-bond donors (Lipinski definition) is 0. The maximum atomic E-state index is 15.4. The minimum absolute atomic E-state index is 0.130. The lowest BCUT2D eigenvalue weighted by Gasteiger charge is -2.57. The largest absolute Gasteiger partial charge is 0.307 e. The molecule has 6 aromatic rings. The van der Waals surface area contributed by atoms with Crippen molar-refractivity contribution in [2.24, 2.45) is 24.8 Å². The van der Waals surface area contributed by atoms with Crippen molar-refractivity contribution in [2.75, 3.05) is 0 Å². The summed E-state index contributed by atoms with van der Waals surface area (Å²) in [5.41, 5.74) is 7.74. The summed E-state index contributed by atoms with van der Waals surface area (Å²) in [5, 5.41) is 5.64. The van der Waals surface area contributed by atoms with E-state index >= 15 is 4.39 Å². The summed E-state index contributed by atoms with van der Waals surface area (Å²) in [6, 6.07) is 17.2. The molecule has 4 saturated carbocycles. The van der Waals surface area contributed by atoms with E-state index in [4.69, 9.17) is 0 Å². The quantitative estimate of drug-likeness (QED) is 0.131. The van der Waals surface area contributed by atoms with Gasteiger partial charge in [0.05, 0.1) is 27.3 Å². The first kappa shape index (κ1) is 19.9. The molecular weight excluding hydrogens is 443 g/mol. The summed E-state index contributed by atoms with van der Waals surface area (Å²) in [4.78, 5) is 0. The Bertz CT molecular complexity index is 1870. The molecule has 36 heavy (non-hydrogen) atoms. The van der Waals surface area contributed by atoms with Gasteiger partial charge in [0.1, 0.15) is 12.9 Å². The Balaban J connectivity index is 1.51. The number of benzene rings is 3. The predicted octanol–water partition coefficient (Wildman–Crippen LogP) is 7.73. The fourth-order valence-electron chi connectivity index (χ4n) is 9.49. The van der Waals surface area contributed by atoms with Gasteiger partial charge in [0.15, 0.2) is 6.20 Å². The molecule has 3 heteroatoms. The first-order chi connectivity index (χ1) is 17.5. The molecule has 0 N–H and O–H groups in total. The lowest BCUT2D eigenvalue weighted by Crippen LogP contribution is -2.48. The molecule has 3 aromatic heterocycles. The van der Waals surface area contributed by atoms with E-state index in [1.54, 1.807) is 6.07 Å². The van der Waals surface area contributed by atoms with Crippen molar-refractivity contribution >= 4 is 49.0 Å². The third-order valence-corrected chi connectivity index (χ3v) is 10.5. The lowest BCUT2D eigenvalue weighted by atomic mass is 9.48. The van der Waals surface area contributed by atoms with Gasteiger partial charge in [-0.1, -0.05) is 18.2 Å². The second kappa shape index (κ2) is 6.37. The number of halogens is 1. The molecule has 10 rings (SSSR count). The SMILES string of the molecule is Cc1ccc2c3c(F)cccc3n3c4cc(C56CC7CC(CC(C7)C5)C6)cc5cc[n+](C)c(c1c23)c54. The first-order valence-electron chi connectivity index (χ1n) is 13.7. The predicted molar refractivity (Wildman–Crippen MR) is 144 cm³/mol. The van der Waals surface area contributed by atoms with Gasteiger partial charge in [-0.05, 0) is 109 Å². The maximum absolute atomic E-state index is 15.4. The highest BCUT2D eigenvalue weighted by Gasteiger charge is 2.51. The molecule has 0 radical (unpaired) electrons. The zero-order chi connectivity index (χ0) is 23.9. The van der Waals surface area contributed by atoms with Crippen molar-refractivity contribution in [3.8, 4) is 0 Å². The molecule has 0 aliphatic heterocycles.